The van der Waals surface area contributed by atoms with Gasteiger partial charge in [-0.15, -0.1) is 0 Å². The van der Waals surface area contributed by atoms with Crippen molar-refractivity contribution in [3.05, 3.63) is 55.9 Å². The van der Waals surface area contributed by atoms with Crippen LogP contribution in [0.5, 0.6) is 5.75 Å². The molecule has 2 rings (SSSR count). The summed E-state index contributed by atoms with van der Waals surface area (Å²) in [5, 5.41) is 10.4. The van der Waals surface area contributed by atoms with Gasteiger partial charge in [-0.3, -0.25) is 30.6 Å². The molecule has 0 aliphatic heterocycles. The molecule has 2 aromatic rings. The first-order chi connectivity index (χ1) is 11.4. The molecule has 0 saturated carbocycles. The lowest BCUT2D eigenvalue weighted by Gasteiger charge is -2.15. The monoisotopic (exact) mass is 413 g/mol. The number of amides is 2. The molecular formula is C14H12BrN3O5S. The molecule has 0 bridgehead atoms. The molecule has 10 heteroatoms. The molecule has 1 aromatic carbocycles. The van der Waals surface area contributed by atoms with Crippen LogP contribution in [-0.2, 0) is 4.79 Å². The Kier molecular flexibility index (Phi) is 5.88. The minimum Gasteiger partial charge on any atom is -0.481 e. The average Bonchev–Trinajstić information content (AvgIpc) is 3.02. The first kappa shape index (κ1) is 17.9. The molecule has 0 fully saturated rings. The van der Waals surface area contributed by atoms with Crippen LogP contribution in [0.25, 0.3) is 0 Å². The fourth-order valence-electron chi connectivity index (χ4n) is 1.63. The first-order valence-corrected chi connectivity index (χ1v) is 8.24. The second-order valence-electron chi connectivity index (χ2n) is 4.56. The summed E-state index contributed by atoms with van der Waals surface area (Å²) in [5.74, 6) is -0.710. The maximum absolute atomic E-state index is 11.9. The van der Waals surface area contributed by atoms with Crippen molar-refractivity contribution in [2.75, 3.05) is 0 Å². The van der Waals surface area contributed by atoms with Crippen molar-refractivity contribution in [2.45, 2.75) is 13.0 Å². The zero-order valence-electron chi connectivity index (χ0n) is 12.3. The third kappa shape index (κ3) is 4.77. The molecule has 0 saturated heterocycles. The van der Waals surface area contributed by atoms with Gasteiger partial charge in [0, 0.05) is 10.5 Å². The fraction of sp³-hybridized carbons (Fsp3) is 0.143. The summed E-state index contributed by atoms with van der Waals surface area (Å²) in [6, 6.07) is 9.50. The summed E-state index contributed by atoms with van der Waals surface area (Å²) in [7, 11) is 0. The maximum atomic E-state index is 11.9. The van der Waals surface area contributed by atoms with Crippen LogP contribution >= 0.6 is 27.3 Å². The molecule has 0 spiro atoms. The number of rotatable bonds is 5. The highest BCUT2D eigenvalue weighted by Gasteiger charge is 2.18. The van der Waals surface area contributed by atoms with Crippen molar-refractivity contribution >= 4 is 44.1 Å². The highest BCUT2D eigenvalue weighted by atomic mass is 79.9. The van der Waals surface area contributed by atoms with E-state index in [-0.39, 0.29) is 9.88 Å². The Balaban J connectivity index is 1.87. The Labute approximate surface area is 149 Å². The van der Waals surface area contributed by atoms with Crippen molar-refractivity contribution in [3.8, 4) is 5.75 Å². The van der Waals surface area contributed by atoms with Crippen LogP contribution in [0.1, 0.15) is 16.6 Å². The zero-order chi connectivity index (χ0) is 17.7. The summed E-state index contributed by atoms with van der Waals surface area (Å²) in [6.45, 7) is 1.53. The second-order valence-corrected chi connectivity index (χ2v) is 6.53. The van der Waals surface area contributed by atoms with Crippen LogP contribution in [0.2, 0.25) is 0 Å². The molecule has 8 nitrogen and oxygen atoms in total. The van der Waals surface area contributed by atoms with Gasteiger partial charge < -0.3 is 4.74 Å². The molecule has 1 heterocycles. The Morgan fingerprint density at radius 2 is 2.04 bits per heavy atom. The van der Waals surface area contributed by atoms with E-state index in [2.05, 4.69) is 26.8 Å². The Hall–Kier alpha value is -2.46. The van der Waals surface area contributed by atoms with E-state index >= 15 is 0 Å². The van der Waals surface area contributed by atoms with Gasteiger partial charge in [0.05, 0.1) is 4.92 Å². The number of ether oxygens (including phenoxy) is 1. The van der Waals surface area contributed by atoms with E-state index in [9.17, 15) is 19.7 Å². The van der Waals surface area contributed by atoms with Crippen LogP contribution in [-0.4, -0.2) is 22.8 Å². The van der Waals surface area contributed by atoms with E-state index in [1.165, 1.54) is 19.1 Å². The standard InChI is InChI=1S/C14H12BrN3O5S/c1-8(23-10-4-2-3-9(15)7-10)13(19)16-17-14(20)11-5-6-12(24-11)18(21)22/h2-8H,1H3,(H,16,19)(H,17,20). The quantitative estimate of drug-likeness (QED) is 0.577. The van der Waals surface area contributed by atoms with E-state index in [0.717, 1.165) is 4.47 Å². The molecule has 126 valence electrons. The van der Waals surface area contributed by atoms with E-state index in [1.54, 1.807) is 18.2 Å². The van der Waals surface area contributed by atoms with Gasteiger partial charge >= 0.3 is 5.00 Å². The normalized spacial score (nSPS) is 11.4. The third-order valence-corrected chi connectivity index (χ3v) is 4.30. The molecule has 1 atom stereocenters. The lowest BCUT2D eigenvalue weighted by Crippen LogP contribution is -2.47. The van der Waals surface area contributed by atoms with E-state index in [1.807, 2.05) is 6.07 Å². The Bertz CT molecular complexity index is 779. The molecule has 0 aliphatic rings. The number of carbonyl (C=O) groups is 2. The minimum atomic E-state index is -0.850. The summed E-state index contributed by atoms with van der Waals surface area (Å²) in [4.78, 5) is 33.8. The Morgan fingerprint density at radius 3 is 2.67 bits per heavy atom. The summed E-state index contributed by atoms with van der Waals surface area (Å²) in [5.41, 5.74) is 4.40. The molecule has 1 aromatic heterocycles. The fourth-order valence-corrected chi connectivity index (χ4v) is 2.72. The van der Waals surface area contributed by atoms with E-state index < -0.39 is 22.8 Å². The summed E-state index contributed by atoms with van der Waals surface area (Å²) in [6.07, 6.45) is -0.850. The SMILES string of the molecule is CC(Oc1cccc(Br)c1)C(=O)NNC(=O)c1ccc([N+](=O)[O-])s1. The van der Waals surface area contributed by atoms with Crippen molar-refractivity contribution in [1.82, 2.24) is 10.9 Å². The zero-order valence-corrected chi connectivity index (χ0v) is 14.7. The van der Waals surface area contributed by atoms with Gasteiger partial charge in [-0.05, 0) is 31.2 Å². The van der Waals surface area contributed by atoms with Crippen molar-refractivity contribution in [1.29, 1.82) is 0 Å². The molecule has 24 heavy (non-hydrogen) atoms. The van der Waals surface area contributed by atoms with E-state index in [0.29, 0.717) is 17.1 Å². The third-order valence-electron chi connectivity index (χ3n) is 2.77. The predicted octanol–water partition coefficient (Wildman–Crippen LogP) is 2.65. The van der Waals surface area contributed by atoms with Gasteiger partial charge in [-0.25, -0.2) is 0 Å². The molecule has 2 amide bonds. The minimum absolute atomic E-state index is 0.113. The van der Waals surface area contributed by atoms with Crippen LogP contribution in [0.4, 0.5) is 5.00 Å². The smallest absolute Gasteiger partial charge is 0.324 e. The Morgan fingerprint density at radius 1 is 1.29 bits per heavy atom. The van der Waals surface area contributed by atoms with Gasteiger partial charge in [0.25, 0.3) is 11.8 Å². The van der Waals surface area contributed by atoms with Gasteiger partial charge in [0.2, 0.25) is 0 Å². The number of thiophene rings is 1. The lowest BCUT2D eigenvalue weighted by molar-refractivity contribution is -0.380. The lowest BCUT2D eigenvalue weighted by atomic mass is 10.3. The number of hydrazine groups is 1. The number of hydrogen-bond acceptors (Lipinski definition) is 6. The topological polar surface area (TPSA) is 111 Å². The number of nitro groups is 1. The highest BCUT2D eigenvalue weighted by molar-refractivity contribution is 9.10. The molecule has 0 radical (unpaired) electrons. The number of benzene rings is 1. The van der Waals surface area contributed by atoms with Crippen LogP contribution in [0, 0.1) is 10.1 Å². The predicted molar refractivity (Wildman–Crippen MR) is 90.8 cm³/mol. The number of carbonyl (C=O) groups excluding carboxylic acids is 2. The van der Waals surface area contributed by atoms with Crippen molar-refractivity contribution in [2.24, 2.45) is 0 Å². The van der Waals surface area contributed by atoms with E-state index in [4.69, 9.17) is 4.74 Å². The van der Waals surface area contributed by atoms with Crippen molar-refractivity contribution in [3.63, 3.8) is 0 Å². The maximum Gasteiger partial charge on any atom is 0.324 e. The number of hydrogen-bond donors (Lipinski definition) is 2. The highest BCUT2D eigenvalue weighted by Crippen LogP contribution is 2.23. The van der Waals surface area contributed by atoms with Crippen LogP contribution in [0.3, 0.4) is 0 Å². The number of halogens is 1. The van der Waals surface area contributed by atoms with Crippen LogP contribution < -0.4 is 15.6 Å². The number of nitrogens with zero attached hydrogens (tertiary/aromatic N) is 1. The van der Waals surface area contributed by atoms with Gasteiger partial charge in [0.1, 0.15) is 10.6 Å². The van der Waals surface area contributed by atoms with Gasteiger partial charge in [0.15, 0.2) is 6.10 Å². The molecular weight excluding hydrogens is 402 g/mol. The van der Waals surface area contributed by atoms with Gasteiger partial charge in [-0.2, -0.15) is 0 Å². The van der Waals surface area contributed by atoms with Crippen molar-refractivity contribution < 1.29 is 19.2 Å². The molecule has 2 N–H and O–H groups in total. The largest absolute Gasteiger partial charge is 0.481 e. The molecule has 1 unspecified atom stereocenters. The average molecular weight is 414 g/mol. The first-order valence-electron chi connectivity index (χ1n) is 6.63. The number of nitrogens with one attached hydrogen (secondary N) is 2. The summed E-state index contributed by atoms with van der Waals surface area (Å²) < 4.78 is 6.26. The van der Waals surface area contributed by atoms with Gasteiger partial charge in [-0.1, -0.05) is 33.3 Å². The summed E-state index contributed by atoms with van der Waals surface area (Å²) >= 11 is 4.01. The second kappa shape index (κ2) is 7.88. The molecule has 0 aliphatic carbocycles. The van der Waals surface area contributed by atoms with Crippen LogP contribution in [0.15, 0.2) is 40.9 Å².